The second-order valence-electron chi connectivity index (χ2n) is 5.74. The topological polar surface area (TPSA) is 52.6 Å². The number of fused-ring (bicyclic) bond motifs is 1. The summed E-state index contributed by atoms with van der Waals surface area (Å²) in [6, 6.07) is 8.03. The highest BCUT2D eigenvalue weighted by atomic mass is 32.1. The number of hydrogen-bond donors (Lipinski definition) is 2. The van der Waals surface area contributed by atoms with Crippen molar-refractivity contribution in [1.82, 2.24) is 10.2 Å². The van der Waals surface area contributed by atoms with Crippen LogP contribution in [0.4, 0.5) is 4.79 Å². The molecule has 0 unspecified atom stereocenters. The van der Waals surface area contributed by atoms with Crippen molar-refractivity contribution < 1.29 is 9.90 Å². The number of benzene rings is 1. The lowest BCUT2D eigenvalue weighted by atomic mass is 10.1. The minimum absolute atomic E-state index is 0.144. The fourth-order valence-corrected chi connectivity index (χ4v) is 3.21. The number of amides is 2. The minimum atomic E-state index is -0.886. The maximum atomic E-state index is 12.2. The largest absolute Gasteiger partial charge is 0.389 e. The summed E-state index contributed by atoms with van der Waals surface area (Å²) in [4.78, 5) is 13.8. The Kier molecular flexibility index (Phi) is 4.85. The predicted octanol–water partition coefficient (Wildman–Crippen LogP) is 3.20. The van der Waals surface area contributed by atoms with Crippen LogP contribution in [0.2, 0.25) is 0 Å². The number of thiophene rings is 1. The molecule has 0 aliphatic rings. The molecule has 0 fully saturated rings. The zero-order valence-electron chi connectivity index (χ0n) is 12.7. The van der Waals surface area contributed by atoms with Gasteiger partial charge in [0.15, 0.2) is 0 Å². The quantitative estimate of drug-likeness (QED) is 0.891. The summed E-state index contributed by atoms with van der Waals surface area (Å²) >= 11 is 1.68. The maximum Gasteiger partial charge on any atom is 0.317 e. The molecule has 4 nitrogen and oxygen atoms in total. The molecule has 0 spiro atoms. The van der Waals surface area contributed by atoms with Crippen molar-refractivity contribution in [1.29, 1.82) is 0 Å². The molecule has 5 heteroatoms. The fourth-order valence-electron chi connectivity index (χ4n) is 2.25. The van der Waals surface area contributed by atoms with Crippen LogP contribution in [-0.4, -0.2) is 34.7 Å². The van der Waals surface area contributed by atoms with Gasteiger partial charge in [-0.05, 0) is 43.2 Å². The van der Waals surface area contributed by atoms with Crippen LogP contribution in [0.5, 0.6) is 0 Å². The van der Waals surface area contributed by atoms with Gasteiger partial charge >= 0.3 is 6.03 Å². The van der Waals surface area contributed by atoms with E-state index in [4.69, 9.17) is 0 Å². The molecular weight excluding hydrogens is 284 g/mol. The SMILES string of the molecule is CCN(CC(C)(C)O)C(=O)NCc1csc2ccccc12. The van der Waals surface area contributed by atoms with Crippen molar-refractivity contribution >= 4 is 27.5 Å². The number of likely N-dealkylation sites (N-methyl/N-ethyl adjacent to an activating group) is 1. The third kappa shape index (κ3) is 4.19. The summed E-state index contributed by atoms with van der Waals surface area (Å²) in [5.74, 6) is 0. The van der Waals surface area contributed by atoms with E-state index in [1.54, 1.807) is 30.1 Å². The van der Waals surface area contributed by atoms with Crippen molar-refractivity contribution in [3.63, 3.8) is 0 Å². The first kappa shape index (κ1) is 15.8. The molecule has 2 aromatic rings. The van der Waals surface area contributed by atoms with Crippen molar-refractivity contribution in [2.75, 3.05) is 13.1 Å². The van der Waals surface area contributed by atoms with Gasteiger partial charge in [-0.3, -0.25) is 0 Å². The van der Waals surface area contributed by atoms with Crippen LogP contribution in [0.15, 0.2) is 29.6 Å². The molecule has 21 heavy (non-hydrogen) atoms. The van der Waals surface area contributed by atoms with E-state index >= 15 is 0 Å². The van der Waals surface area contributed by atoms with Gasteiger partial charge in [0.25, 0.3) is 0 Å². The van der Waals surface area contributed by atoms with Crippen LogP contribution >= 0.6 is 11.3 Å². The third-order valence-corrected chi connectivity index (χ3v) is 4.25. The lowest BCUT2D eigenvalue weighted by Gasteiger charge is -2.28. The number of nitrogens with zero attached hydrogens (tertiary/aromatic N) is 1. The number of carbonyl (C=O) groups is 1. The molecule has 2 amide bonds. The van der Waals surface area contributed by atoms with Crippen molar-refractivity contribution in [3.05, 3.63) is 35.2 Å². The lowest BCUT2D eigenvalue weighted by Crippen LogP contribution is -2.46. The Balaban J connectivity index is 2.00. The summed E-state index contributed by atoms with van der Waals surface area (Å²) in [6.07, 6.45) is 0. The Bertz CT molecular complexity index is 616. The van der Waals surface area contributed by atoms with Gasteiger partial charge in [0, 0.05) is 17.8 Å². The average molecular weight is 306 g/mol. The Morgan fingerprint density at radius 3 is 2.76 bits per heavy atom. The van der Waals surface area contributed by atoms with Crippen LogP contribution in [-0.2, 0) is 6.54 Å². The Morgan fingerprint density at radius 2 is 2.10 bits per heavy atom. The average Bonchev–Trinajstić information content (AvgIpc) is 2.84. The third-order valence-electron chi connectivity index (χ3n) is 3.24. The first-order valence-electron chi connectivity index (χ1n) is 7.11. The number of nitrogens with one attached hydrogen (secondary N) is 1. The molecule has 0 saturated carbocycles. The molecule has 0 aliphatic carbocycles. The number of rotatable bonds is 5. The van der Waals surface area contributed by atoms with Gasteiger partial charge in [0.2, 0.25) is 0 Å². The minimum Gasteiger partial charge on any atom is -0.389 e. The number of aliphatic hydroxyl groups is 1. The van der Waals surface area contributed by atoms with Crippen molar-refractivity contribution in [2.45, 2.75) is 32.9 Å². The molecule has 114 valence electrons. The predicted molar refractivity (Wildman–Crippen MR) is 87.6 cm³/mol. The maximum absolute atomic E-state index is 12.2. The molecule has 0 aliphatic heterocycles. The smallest absolute Gasteiger partial charge is 0.317 e. The van der Waals surface area contributed by atoms with Gasteiger partial charge in [0.05, 0.1) is 12.1 Å². The highest BCUT2D eigenvalue weighted by Crippen LogP contribution is 2.25. The van der Waals surface area contributed by atoms with Crippen LogP contribution in [0.1, 0.15) is 26.3 Å². The van der Waals surface area contributed by atoms with E-state index in [2.05, 4.69) is 22.8 Å². The molecule has 1 heterocycles. The fraction of sp³-hybridized carbons (Fsp3) is 0.438. The molecule has 0 bridgehead atoms. The first-order valence-corrected chi connectivity index (χ1v) is 7.99. The molecule has 0 atom stereocenters. The summed E-state index contributed by atoms with van der Waals surface area (Å²) in [5.41, 5.74) is 0.242. The molecule has 2 rings (SSSR count). The highest BCUT2D eigenvalue weighted by Gasteiger charge is 2.21. The Labute approximate surface area is 129 Å². The van der Waals surface area contributed by atoms with Gasteiger partial charge in [-0.2, -0.15) is 0 Å². The van der Waals surface area contributed by atoms with E-state index in [9.17, 15) is 9.90 Å². The Hall–Kier alpha value is -1.59. The van der Waals surface area contributed by atoms with Gasteiger partial charge in [-0.25, -0.2) is 4.79 Å². The molecule has 0 saturated heterocycles. The normalized spacial score (nSPS) is 11.6. The van der Waals surface area contributed by atoms with E-state index in [-0.39, 0.29) is 6.03 Å². The van der Waals surface area contributed by atoms with Gasteiger partial charge in [-0.1, -0.05) is 18.2 Å². The first-order chi connectivity index (χ1) is 9.90. The van der Waals surface area contributed by atoms with Gasteiger partial charge < -0.3 is 15.3 Å². The molecular formula is C16H22N2O2S. The lowest BCUT2D eigenvalue weighted by molar-refractivity contribution is 0.0480. The van der Waals surface area contributed by atoms with Crippen LogP contribution in [0, 0.1) is 0 Å². The van der Waals surface area contributed by atoms with Crippen LogP contribution in [0.25, 0.3) is 10.1 Å². The van der Waals surface area contributed by atoms with E-state index in [0.717, 1.165) is 5.56 Å². The van der Waals surface area contributed by atoms with Crippen molar-refractivity contribution in [2.24, 2.45) is 0 Å². The van der Waals surface area contributed by atoms with E-state index in [1.165, 1.54) is 10.1 Å². The molecule has 1 aromatic heterocycles. The standard InChI is InChI=1S/C16H22N2O2S/c1-4-18(11-16(2,3)20)15(19)17-9-12-10-21-14-8-6-5-7-13(12)14/h5-8,10,20H,4,9,11H2,1-3H3,(H,17,19). The Morgan fingerprint density at radius 1 is 1.38 bits per heavy atom. The number of urea groups is 1. The van der Waals surface area contributed by atoms with Gasteiger partial charge in [0.1, 0.15) is 0 Å². The highest BCUT2D eigenvalue weighted by molar-refractivity contribution is 7.17. The summed E-state index contributed by atoms with van der Waals surface area (Å²) in [7, 11) is 0. The van der Waals surface area contributed by atoms with Crippen LogP contribution < -0.4 is 5.32 Å². The molecule has 0 radical (unpaired) electrons. The van der Waals surface area contributed by atoms with Crippen molar-refractivity contribution in [3.8, 4) is 0 Å². The monoisotopic (exact) mass is 306 g/mol. The number of carbonyl (C=O) groups excluding carboxylic acids is 1. The summed E-state index contributed by atoms with van der Waals surface area (Å²) in [5, 5.41) is 16.0. The second-order valence-corrected chi connectivity index (χ2v) is 6.65. The molecule has 1 aromatic carbocycles. The second kappa shape index (κ2) is 6.45. The van der Waals surface area contributed by atoms with E-state index in [0.29, 0.717) is 19.6 Å². The summed E-state index contributed by atoms with van der Waals surface area (Å²) < 4.78 is 1.23. The van der Waals surface area contributed by atoms with Gasteiger partial charge in [-0.15, -0.1) is 11.3 Å². The zero-order chi connectivity index (χ0) is 15.5. The van der Waals surface area contributed by atoms with Crippen LogP contribution in [0.3, 0.4) is 0 Å². The number of hydrogen-bond acceptors (Lipinski definition) is 3. The van der Waals surface area contributed by atoms with E-state index < -0.39 is 5.60 Å². The summed E-state index contributed by atoms with van der Waals surface area (Å²) in [6.45, 7) is 6.71. The molecule has 2 N–H and O–H groups in total. The zero-order valence-corrected chi connectivity index (χ0v) is 13.5. The van der Waals surface area contributed by atoms with E-state index in [1.807, 2.05) is 19.1 Å².